The first-order chi connectivity index (χ1) is 27.8. The van der Waals surface area contributed by atoms with Gasteiger partial charge in [0.15, 0.2) is 0 Å². The van der Waals surface area contributed by atoms with Crippen LogP contribution in [0.3, 0.4) is 0 Å². The van der Waals surface area contributed by atoms with Crippen molar-refractivity contribution in [2.75, 3.05) is 0 Å². The summed E-state index contributed by atoms with van der Waals surface area (Å²) in [6, 6.07) is 55.0. The number of fused-ring (bicyclic) bond motifs is 7. The molecule has 0 N–H and O–H groups in total. The van der Waals surface area contributed by atoms with Gasteiger partial charge in [0.2, 0.25) is 0 Å². The van der Waals surface area contributed by atoms with Crippen LogP contribution < -0.4 is 10.4 Å². The fraction of sp³-hybridized carbons (Fsp3) is 0.158. The van der Waals surface area contributed by atoms with Crippen LogP contribution in [-0.2, 0) is 5.41 Å². The summed E-state index contributed by atoms with van der Waals surface area (Å²) < 4.78 is 0. The highest BCUT2D eigenvalue weighted by molar-refractivity contribution is 6.18. The average molecular weight is 731 g/mol. The van der Waals surface area contributed by atoms with Crippen molar-refractivity contribution in [3.63, 3.8) is 0 Å². The Balaban J connectivity index is 1.20. The zero-order chi connectivity index (χ0) is 38.4. The molecule has 2 atom stereocenters. The number of hydrogen-bond donors (Lipinski definition) is 0. The van der Waals surface area contributed by atoms with Crippen LogP contribution >= 0.6 is 0 Å². The van der Waals surface area contributed by atoms with Gasteiger partial charge in [0, 0.05) is 5.41 Å². The van der Waals surface area contributed by atoms with E-state index in [0.29, 0.717) is 11.8 Å². The van der Waals surface area contributed by atoms with Gasteiger partial charge in [-0.3, -0.25) is 0 Å². The minimum atomic E-state index is 0.00532. The van der Waals surface area contributed by atoms with E-state index >= 15 is 0 Å². The molecule has 3 aliphatic rings. The molecule has 0 aromatic heterocycles. The Morgan fingerprint density at radius 2 is 1.16 bits per heavy atom. The van der Waals surface area contributed by atoms with Gasteiger partial charge in [0.25, 0.3) is 0 Å². The van der Waals surface area contributed by atoms with E-state index in [9.17, 15) is 0 Å². The van der Waals surface area contributed by atoms with E-state index in [1.54, 1.807) is 5.57 Å². The third-order valence-electron chi connectivity index (χ3n) is 13.4. The van der Waals surface area contributed by atoms with Crippen molar-refractivity contribution in [3.05, 3.63) is 185 Å². The van der Waals surface area contributed by atoms with Crippen molar-refractivity contribution in [2.45, 2.75) is 46.0 Å². The SMILES string of the molecule is CC1C=c2c(-c3ccc(-c4ccccc4)cc3)c3ccc(-c4ccc5c(c4)C(C)(C)C4=C5C=CC(C)C4)cc3c(-c3cc4ccccc4c4ccccc34)c2=CC1. The van der Waals surface area contributed by atoms with Gasteiger partial charge in [-0.1, -0.05) is 185 Å². The van der Waals surface area contributed by atoms with Gasteiger partial charge in [-0.15, -0.1) is 0 Å². The lowest BCUT2D eigenvalue weighted by atomic mass is 9.76. The Morgan fingerprint density at radius 1 is 0.491 bits per heavy atom. The third-order valence-corrected chi connectivity index (χ3v) is 13.4. The summed E-state index contributed by atoms with van der Waals surface area (Å²) in [5.41, 5.74) is 16.2. The highest BCUT2D eigenvalue weighted by Crippen LogP contribution is 2.52. The van der Waals surface area contributed by atoms with Gasteiger partial charge < -0.3 is 0 Å². The Bertz CT molecular complexity index is 3150. The van der Waals surface area contributed by atoms with E-state index in [4.69, 9.17) is 0 Å². The lowest BCUT2D eigenvalue weighted by Crippen LogP contribution is -2.33. The largest absolute Gasteiger partial charge is 0.0808 e. The van der Waals surface area contributed by atoms with E-state index in [0.717, 1.165) is 12.8 Å². The van der Waals surface area contributed by atoms with Gasteiger partial charge in [-0.2, -0.15) is 0 Å². The summed E-state index contributed by atoms with van der Waals surface area (Å²) in [4.78, 5) is 0. The fourth-order valence-electron chi connectivity index (χ4n) is 10.4. The zero-order valence-corrected chi connectivity index (χ0v) is 33.2. The average Bonchev–Trinajstić information content (AvgIpc) is 3.47. The summed E-state index contributed by atoms with van der Waals surface area (Å²) in [6.07, 6.45) is 12.0. The van der Waals surface area contributed by atoms with Gasteiger partial charge in [-0.25, -0.2) is 0 Å². The van der Waals surface area contributed by atoms with E-state index in [-0.39, 0.29) is 5.41 Å². The Hall–Kier alpha value is -6.24. The second-order valence-corrected chi connectivity index (χ2v) is 17.4. The first-order valence-corrected chi connectivity index (χ1v) is 20.8. The van der Waals surface area contributed by atoms with Gasteiger partial charge in [0.05, 0.1) is 0 Å². The van der Waals surface area contributed by atoms with Crippen molar-refractivity contribution >= 4 is 50.0 Å². The number of rotatable bonds is 4. The quantitative estimate of drug-likeness (QED) is 0.158. The van der Waals surface area contributed by atoms with Gasteiger partial charge in [0.1, 0.15) is 0 Å². The summed E-state index contributed by atoms with van der Waals surface area (Å²) in [5, 5.41) is 10.5. The van der Waals surface area contributed by atoms with Crippen molar-refractivity contribution in [2.24, 2.45) is 11.8 Å². The lowest BCUT2D eigenvalue weighted by molar-refractivity contribution is 0.566. The normalized spacial score (nSPS) is 18.0. The topological polar surface area (TPSA) is 0 Å². The molecule has 8 aromatic carbocycles. The Morgan fingerprint density at radius 3 is 1.98 bits per heavy atom. The Kier molecular flexibility index (Phi) is 7.71. The second kappa shape index (κ2) is 12.9. The molecule has 0 saturated carbocycles. The molecule has 0 amide bonds. The van der Waals surface area contributed by atoms with Crippen LogP contribution in [0.2, 0.25) is 0 Å². The van der Waals surface area contributed by atoms with Crippen LogP contribution in [0.1, 0.15) is 51.7 Å². The molecule has 8 aromatic rings. The molecule has 0 bridgehead atoms. The van der Waals surface area contributed by atoms with Crippen LogP contribution in [0, 0.1) is 11.8 Å². The van der Waals surface area contributed by atoms with Crippen molar-refractivity contribution in [1.82, 2.24) is 0 Å². The molecule has 0 nitrogen and oxygen atoms in total. The summed E-state index contributed by atoms with van der Waals surface area (Å²) in [6.45, 7) is 9.57. The molecule has 0 aliphatic heterocycles. The van der Waals surface area contributed by atoms with E-state index < -0.39 is 0 Å². The maximum Gasteiger partial charge on any atom is 0.0121 e. The van der Waals surface area contributed by atoms with Crippen molar-refractivity contribution in [1.29, 1.82) is 0 Å². The summed E-state index contributed by atoms with van der Waals surface area (Å²) >= 11 is 0. The molecule has 2 unspecified atom stereocenters. The monoisotopic (exact) mass is 730 g/mol. The third kappa shape index (κ3) is 5.34. The minimum absolute atomic E-state index is 0.00532. The van der Waals surface area contributed by atoms with Crippen molar-refractivity contribution < 1.29 is 0 Å². The molecule has 0 radical (unpaired) electrons. The molecule has 11 rings (SSSR count). The molecule has 0 heterocycles. The molecule has 0 fully saturated rings. The van der Waals surface area contributed by atoms with Crippen LogP contribution in [0.15, 0.2) is 163 Å². The maximum absolute atomic E-state index is 2.54. The predicted octanol–water partition coefficient (Wildman–Crippen LogP) is 14.1. The number of allylic oxidation sites excluding steroid dienone is 4. The van der Waals surface area contributed by atoms with Crippen LogP contribution in [0.25, 0.3) is 94.6 Å². The number of hydrogen-bond acceptors (Lipinski definition) is 0. The molecule has 3 aliphatic carbocycles. The van der Waals surface area contributed by atoms with E-state index in [1.165, 1.54) is 104 Å². The van der Waals surface area contributed by atoms with Gasteiger partial charge >= 0.3 is 0 Å². The Labute approximate surface area is 335 Å². The highest BCUT2D eigenvalue weighted by atomic mass is 14.4. The molecular weight excluding hydrogens is 685 g/mol. The molecule has 0 heteroatoms. The standard InChI is InChI=1S/C57H46/c1-35-19-27-49-50(30-35)55(39-22-20-38(21-23-39)37-12-6-5-7-13-37)48-29-25-40(41-24-28-47-46-26-18-36(2)31-53(46)57(3,4)54(47)34-41)32-52(48)56(49)51-33-42-14-8-9-15-43(42)44-16-10-11-17-45(44)51/h5-18,20-30,32-36H,19,31H2,1-4H3. The first-order valence-electron chi connectivity index (χ1n) is 20.8. The first kappa shape index (κ1) is 34.0. The molecule has 274 valence electrons. The molecule has 0 spiro atoms. The summed E-state index contributed by atoms with van der Waals surface area (Å²) in [5.74, 6) is 1.03. The van der Waals surface area contributed by atoms with Gasteiger partial charge in [-0.05, 0) is 147 Å². The number of benzene rings is 8. The predicted molar refractivity (Wildman–Crippen MR) is 246 cm³/mol. The fourth-order valence-corrected chi connectivity index (χ4v) is 10.4. The smallest absolute Gasteiger partial charge is 0.0121 e. The van der Waals surface area contributed by atoms with Crippen LogP contribution in [-0.4, -0.2) is 0 Å². The van der Waals surface area contributed by atoms with E-state index in [1.807, 2.05) is 0 Å². The minimum Gasteiger partial charge on any atom is -0.0808 e. The van der Waals surface area contributed by atoms with Crippen molar-refractivity contribution in [3.8, 4) is 44.5 Å². The molecule has 0 saturated heterocycles. The molecule has 57 heavy (non-hydrogen) atoms. The van der Waals surface area contributed by atoms with Crippen LogP contribution in [0.4, 0.5) is 0 Å². The zero-order valence-electron chi connectivity index (χ0n) is 33.2. The van der Waals surface area contributed by atoms with E-state index in [2.05, 4.69) is 198 Å². The lowest BCUT2D eigenvalue weighted by Gasteiger charge is -2.28. The summed E-state index contributed by atoms with van der Waals surface area (Å²) in [7, 11) is 0. The highest BCUT2D eigenvalue weighted by Gasteiger charge is 2.38. The molecular formula is C57H46. The van der Waals surface area contributed by atoms with Crippen LogP contribution in [0.5, 0.6) is 0 Å². The second-order valence-electron chi connectivity index (χ2n) is 17.4. The maximum atomic E-state index is 2.54.